The van der Waals surface area contributed by atoms with Crippen molar-refractivity contribution in [1.82, 2.24) is 9.78 Å². The molecule has 7 nitrogen and oxygen atoms in total. The zero-order valence-corrected chi connectivity index (χ0v) is 17.0. The Morgan fingerprint density at radius 1 is 1.23 bits per heavy atom. The molecule has 3 rings (SSSR count). The molecule has 0 aliphatic heterocycles. The van der Waals surface area contributed by atoms with Gasteiger partial charge in [-0.2, -0.15) is 18.3 Å². The van der Waals surface area contributed by atoms with E-state index < -0.39 is 12.1 Å². The minimum Gasteiger partial charge on any atom is -0.507 e. The maximum Gasteiger partial charge on any atom is 0.490 e. The molecular formula is C21H23F3N2O5. The van der Waals surface area contributed by atoms with E-state index in [1.807, 2.05) is 16.9 Å². The third-order valence-electron chi connectivity index (χ3n) is 4.84. The average molecular weight is 440 g/mol. The monoisotopic (exact) mass is 440 g/mol. The topological polar surface area (TPSA) is 113 Å². The fraction of sp³-hybridized carbons (Fsp3) is 0.381. The molecule has 1 aromatic carbocycles. The standard InChI is InChI=1S/C19H22N2O3.C2HF3O2/c1-12(2)21-17(8-9-20-21)15-5-3-4-13(15)10-14-6-7-18(23)16(11-22)19(14)24;3-2(4,5)1(6)7/h6-9,11-12,23-24H,3-5,10H2,1-2H3;(H,6,7). The van der Waals surface area contributed by atoms with Gasteiger partial charge >= 0.3 is 12.1 Å². The molecule has 168 valence electrons. The number of carbonyl (C=O) groups is 2. The Morgan fingerprint density at radius 2 is 1.87 bits per heavy atom. The Kier molecular flexibility index (Phi) is 7.48. The number of hydrogen-bond donors (Lipinski definition) is 3. The molecule has 0 fully saturated rings. The van der Waals surface area contributed by atoms with Crippen LogP contribution in [-0.2, 0) is 11.2 Å². The first-order valence-corrected chi connectivity index (χ1v) is 9.51. The van der Waals surface area contributed by atoms with Crippen LogP contribution in [0, 0.1) is 0 Å². The lowest BCUT2D eigenvalue weighted by Gasteiger charge is -2.14. The quantitative estimate of drug-likeness (QED) is 0.590. The third-order valence-corrected chi connectivity index (χ3v) is 4.84. The normalized spacial score (nSPS) is 13.9. The van der Waals surface area contributed by atoms with Crippen LogP contribution < -0.4 is 0 Å². The van der Waals surface area contributed by atoms with Crippen molar-refractivity contribution in [2.24, 2.45) is 0 Å². The largest absolute Gasteiger partial charge is 0.507 e. The number of halogens is 3. The molecule has 1 aromatic heterocycles. The second-order valence-corrected chi connectivity index (χ2v) is 7.29. The van der Waals surface area contributed by atoms with Gasteiger partial charge in [0.25, 0.3) is 0 Å². The Hall–Kier alpha value is -3.30. The number of carboxylic acid groups (broad SMARTS) is 1. The van der Waals surface area contributed by atoms with Crippen molar-refractivity contribution in [1.29, 1.82) is 0 Å². The van der Waals surface area contributed by atoms with E-state index in [0.717, 1.165) is 25.0 Å². The zero-order valence-electron chi connectivity index (χ0n) is 17.0. The molecule has 1 aliphatic carbocycles. The highest BCUT2D eigenvalue weighted by atomic mass is 19.4. The zero-order chi connectivity index (χ0) is 23.3. The summed E-state index contributed by atoms with van der Waals surface area (Å²) in [7, 11) is 0. The van der Waals surface area contributed by atoms with Crippen LogP contribution in [0.3, 0.4) is 0 Å². The van der Waals surface area contributed by atoms with Crippen LogP contribution in [0.5, 0.6) is 11.5 Å². The lowest BCUT2D eigenvalue weighted by molar-refractivity contribution is -0.192. The summed E-state index contributed by atoms with van der Waals surface area (Å²) in [6.07, 6.45) is 0.841. The van der Waals surface area contributed by atoms with Gasteiger partial charge in [-0.3, -0.25) is 9.48 Å². The molecule has 0 unspecified atom stereocenters. The Labute approximate surface area is 176 Å². The van der Waals surface area contributed by atoms with Crippen LogP contribution in [0.25, 0.3) is 5.57 Å². The summed E-state index contributed by atoms with van der Waals surface area (Å²) in [5.41, 5.74) is 4.29. The van der Waals surface area contributed by atoms with E-state index in [2.05, 4.69) is 18.9 Å². The van der Waals surface area contributed by atoms with E-state index in [4.69, 9.17) is 9.90 Å². The molecule has 0 bridgehead atoms. The SMILES string of the molecule is CC(C)n1nccc1C1=C(Cc2ccc(O)c(C=O)c2O)CCC1.O=C(O)C(F)(F)F. The summed E-state index contributed by atoms with van der Waals surface area (Å²) >= 11 is 0. The maximum atomic E-state index is 11.1. The number of rotatable bonds is 5. The number of phenolic OH excluding ortho intramolecular Hbond substituents is 2. The number of alkyl halides is 3. The number of aldehydes is 1. The lowest BCUT2D eigenvalue weighted by Crippen LogP contribution is -2.21. The second-order valence-electron chi connectivity index (χ2n) is 7.29. The van der Waals surface area contributed by atoms with E-state index in [1.54, 1.807) is 6.07 Å². The highest BCUT2D eigenvalue weighted by Crippen LogP contribution is 2.38. The minimum absolute atomic E-state index is 0.0418. The van der Waals surface area contributed by atoms with Gasteiger partial charge in [-0.25, -0.2) is 4.79 Å². The predicted octanol–water partition coefficient (Wildman–Crippen LogP) is 4.50. The Morgan fingerprint density at radius 3 is 2.42 bits per heavy atom. The average Bonchev–Trinajstić information content (AvgIpc) is 3.33. The number of carbonyl (C=O) groups excluding carboxylic acids is 1. The van der Waals surface area contributed by atoms with Gasteiger partial charge < -0.3 is 15.3 Å². The molecule has 0 saturated carbocycles. The number of benzene rings is 1. The number of aromatic hydroxyl groups is 2. The minimum atomic E-state index is -5.08. The summed E-state index contributed by atoms with van der Waals surface area (Å²) < 4.78 is 33.8. The molecule has 1 heterocycles. The summed E-state index contributed by atoms with van der Waals surface area (Å²) in [4.78, 5) is 20.0. The molecule has 0 spiro atoms. The van der Waals surface area contributed by atoms with Crippen molar-refractivity contribution in [3.8, 4) is 11.5 Å². The van der Waals surface area contributed by atoms with Gasteiger partial charge in [0.2, 0.25) is 0 Å². The van der Waals surface area contributed by atoms with E-state index in [1.165, 1.54) is 17.2 Å². The van der Waals surface area contributed by atoms with Gasteiger partial charge in [-0.1, -0.05) is 11.6 Å². The van der Waals surface area contributed by atoms with Crippen LogP contribution >= 0.6 is 0 Å². The van der Waals surface area contributed by atoms with Crippen LogP contribution in [0.15, 0.2) is 30.0 Å². The lowest BCUT2D eigenvalue weighted by atomic mass is 9.97. The van der Waals surface area contributed by atoms with Gasteiger partial charge in [0, 0.05) is 12.2 Å². The molecule has 3 N–H and O–H groups in total. The van der Waals surface area contributed by atoms with Gasteiger partial charge in [0.05, 0.1) is 11.3 Å². The van der Waals surface area contributed by atoms with Crippen LogP contribution in [-0.4, -0.2) is 43.5 Å². The van der Waals surface area contributed by atoms with Gasteiger partial charge in [-0.05, 0) is 62.8 Å². The number of hydrogen-bond acceptors (Lipinski definition) is 5. The number of carboxylic acids is 1. The second kappa shape index (κ2) is 9.67. The highest BCUT2D eigenvalue weighted by Gasteiger charge is 2.38. The van der Waals surface area contributed by atoms with E-state index in [-0.39, 0.29) is 23.1 Å². The third kappa shape index (κ3) is 5.65. The van der Waals surface area contributed by atoms with Crippen molar-refractivity contribution >= 4 is 17.8 Å². The highest BCUT2D eigenvalue weighted by molar-refractivity contribution is 5.84. The van der Waals surface area contributed by atoms with Crippen LogP contribution in [0.2, 0.25) is 0 Å². The van der Waals surface area contributed by atoms with Gasteiger partial charge in [-0.15, -0.1) is 0 Å². The predicted molar refractivity (Wildman–Crippen MR) is 106 cm³/mol. The van der Waals surface area contributed by atoms with Crippen molar-refractivity contribution in [2.75, 3.05) is 0 Å². The molecule has 2 aromatic rings. The first-order chi connectivity index (χ1) is 14.5. The van der Waals surface area contributed by atoms with E-state index >= 15 is 0 Å². The molecule has 1 aliphatic rings. The fourth-order valence-corrected chi connectivity index (χ4v) is 3.41. The number of phenols is 2. The molecule has 31 heavy (non-hydrogen) atoms. The van der Waals surface area contributed by atoms with Crippen molar-refractivity contribution in [3.63, 3.8) is 0 Å². The summed E-state index contributed by atoms with van der Waals surface area (Å²) in [5, 5.41) is 31.5. The smallest absolute Gasteiger partial charge is 0.490 e. The van der Waals surface area contributed by atoms with Crippen molar-refractivity contribution in [3.05, 3.63) is 46.8 Å². The number of allylic oxidation sites excluding steroid dienone is 2. The molecule has 10 heteroatoms. The van der Waals surface area contributed by atoms with Crippen molar-refractivity contribution < 1.29 is 38.1 Å². The summed E-state index contributed by atoms with van der Waals surface area (Å²) in [6, 6.07) is 5.47. The van der Waals surface area contributed by atoms with Crippen molar-refractivity contribution in [2.45, 2.75) is 51.7 Å². The molecule has 0 saturated heterocycles. The Bertz CT molecular complexity index is 993. The van der Waals surface area contributed by atoms with Crippen LogP contribution in [0.4, 0.5) is 13.2 Å². The summed E-state index contributed by atoms with van der Waals surface area (Å²) in [6.45, 7) is 4.21. The number of aliphatic carboxylic acids is 1. The maximum absolute atomic E-state index is 11.1. The Balaban J connectivity index is 0.000000423. The van der Waals surface area contributed by atoms with Gasteiger partial charge in [0.15, 0.2) is 6.29 Å². The molecule has 0 radical (unpaired) electrons. The van der Waals surface area contributed by atoms with Crippen LogP contribution in [0.1, 0.15) is 60.8 Å². The summed E-state index contributed by atoms with van der Waals surface area (Å²) in [5.74, 6) is -3.07. The first-order valence-electron chi connectivity index (χ1n) is 9.51. The first kappa shape index (κ1) is 24.0. The molecule has 0 atom stereocenters. The van der Waals surface area contributed by atoms with Gasteiger partial charge in [0.1, 0.15) is 11.5 Å². The van der Waals surface area contributed by atoms with E-state index in [0.29, 0.717) is 18.3 Å². The van der Waals surface area contributed by atoms with E-state index in [9.17, 15) is 28.2 Å². The number of aromatic nitrogens is 2. The molecule has 0 amide bonds. The number of nitrogens with zero attached hydrogens (tertiary/aromatic N) is 2. The fourth-order valence-electron chi connectivity index (χ4n) is 3.41. The molecular weight excluding hydrogens is 417 g/mol.